The third-order valence-electron chi connectivity index (χ3n) is 1.66. The van der Waals surface area contributed by atoms with Crippen LogP contribution in [0.2, 0.25) is 0 Å². The second kappa shape index (κ2) is 3.49. The van der Waals surface area contributed by atoms with E-state index in [4.69, 9.17) is 0 Å². The molecule has 0 aliphatic heterocycles. The first-order valence-electron chi connectivity index (χ1n) is 3.76. The topological polar surface area (TPSA) is 34.9 Å². The fourth-order valence-corrected chi connectivity index (χ4v) is 0.964. The van der Waals surface area contributed by atoms with Gasteiger partial charge in [-0.3, -0.25) is 9.48 Å². The molecule has 1 aromatic rings. The second-order valence-corrected chi connectivity index (χ2v) is 2.86. The number of rotatable bonds is 1. The first-order chi connectivity index (χ1) is 7.03. The molecule has 1 rings (SSSR count). The molecule has 0 unspecified atom stereocenters. The maximum Gasteiger partial charge on any atom is 0.456 e. The van der Waals surface area contributed by atoms with E-state index < -0.39 is 29.5 Å². The van der Waals surface area contributed by atoms with Crippen molar-refractivity contribution in [2.24, 2.45) is 7.05 Å². The Morgan fingerprint density at radius 2 is 1.75 bits per heavy atom. The lowest BCUT2D eigenvalue weighted by Gasteiger charge is -2.03. The predicted octanol–water partition coefficient (Wildman–Crippen LogP) is 2.18. The van der Waals surface area contributed by atoms with Crippen LogP contribution in [0.3, 0.4) is 0 Å². The molecular weight excluding hydrogens is 242 g/mol. The van der Waals surface area contributed by atoms with Gasteiger partial charge in [0.15, 0.2) is 5.69 Å². The molecule has 0 aromatic carbocycles. The molecule has 0 aliphatic carbocycles. The molecule has 0 amide bonds. The normalized spacial score (nSPS) is 12.9. The average Bonchev–Trinajstić information content (AvgIpc) is 2.43. The number of carbonyl (C=O) groups excluding carboxylic acids is 1. The Bertz CT molecular complexity index is 415. The van der Waals surface area contributed by atoms with Crippen LogP contribution in [-0.4, -0.2) is 21.7 Å². The van der Waals surface area contributed by atoms with Gasteiger partial charge in [0.2, 0.25) is 0 Å². The van der Waals surface area contributed by atoms with Crippen LogP contribution in [0.5, 0.6) is 0 Å². The zero-order chi connectivity index (χ0) is 12.7. The second-order valence-electron chi connectivity index (χ2n) is 2.86. The van der Waals surface area contributed by atoms with Crippen LogP contribution >= 0.6 is 0 Å². The molecule has 1 aromatic heterocycles. The number of Topliss-reactive ketones (excluding diaryl/α,β-unsaturated/α-hetero) is 1. The molecule has 0 aliphatic rings. The zero-order valence-electron chi connectivity index (χ0n) is 7.65. The summed E-state index contributed by atoms with van der Waals surface area (Å²) in [6.07, 6.45) is -10.1. The third-order valence-corrected chi connectivity index (χ3v) is 1.66. The highest BCUT2D eigenvalue weighted by atomic mass is 19.4. The van der Waals surface area contributed by atoms with Crippen molar-refractivity contribution in [3.05, 3.63) is 17.5 Å². The van der Waals surface area contributed by atoms with E-state index in [0.717, 1.165) is 7.05 Å². The van der Waals surface area contributed by atoms with Crippen LogP contribution in [0.25, 0.3) is 0 Å². The van der Waals surface area contributed by atoms with Crippen molar-refractivity contribution in [1.82, 2.24) is 9.78 Å². The molecule has 0 atom stereocenters. The van der Waals surface area contributed by atoms with Crippen molar-refractivity contribution in [1.29, 1.82) is 0 Å². The number of alkyl halides is 6. The van der Waals surface area contributed by atoms with Crippen molar-refractivity contribution in [2.75, 3.05) is 0 Å². The minimum Gasteiger partial charge on any atom is -0.282 e. The zero-order valence-corrected chi connectivity index (χ0v) is 7.65. The molecule has 0 saturated carbocycles. The van der Waals surface area contributed by atoms with Crippen molar-refractivity contribution in [3.8, 4) is 0 Å². The molecule has 0 spiro atoms. The minimum atomic E-state index is -5.23. The molecule has 0 bridgehead atoms. The van der Waals surface area contributed by atoms with E-state index >= 15 is 0 Å². The van der Waals surface area contributed by atoms with Crippen LogP contribution in [0, 0.1) is 0 Å². The molecule has 3 nitrogen and oxygen atoms in total. The highest BCUT2D eigenvalue weighted by molar-refractivity contribution is 5.98. The molecular formula is C7H4F6N2O. The Labute approximate surface area is 84.7 Å². The van der Waals surface area contributed by atoms with E-state index in [1.54, 1.807) is 0 Å². The summed E-state index contributed by atoms with van der Waals surface area (Å²) in [6, 6.07) is 0.0653. The quantitative estimate of drug-likeness (QED) is 0.562. The van der Waals surface area contributed by atoms with Gasteiger partial charge in [-0.15, -0.1) is 0 Å². The number of hydrogen-bond donors (Lipinski definition) is 0. The van der Waals surface area contributed by atoms with Crippen molar-refractivity contribution in [3.63, 3.8) is 0 Å². The molecule has 1 heterocycles. The van der Waals surface area contributed by atoms with Crippen LogP contribution in [0.4, 0.5) is 26.3 Å². The maximum absolute atomic E-state index is 12.1. The van der Waals surface area contributed by atoms with Crippen LogP contribution < -0.4 is 0 Å². The van der Waals surface area contributed by atoms with Crippen LogP contribution in [0.15, 0.2) is 6.07 Å². The molecule has 9 heteroatoms. The largest absolute Gasteiger partial charge is 0.456 e. The molecule has 0 N–H and O–H groups in total. The van der Waals surface area contributed by atoms with Crippen LogP contribution in [-0.2, 0) is 13.2 Å². The third kappa shape index (κ3) is 2.34. The number of carbonyl (C=O) groups is 1. The summed E-state index contributed by atoms with van der Waals surface area (Å²) in [5.41, 5.74) is -2.69. The maximum atomic E-state index is 12.1. The molecule has 0 radical (unpaired) electrons. The summed E-state index contributed by atoms with van der Waals surface area (Å²) in [5, 5.41) is 2.79. The molecule has 90 valence electrons. The fraction of sp³-hybridized carbons (Fsp3) is 0.429. The predicted molar refractivity (Wildman–Crippen MR) is 38.6 cm³/mol. The highest BCUT2D eigenvalue weighted by Crippen LogP contribution is 2.30. The van der Waals surface area contributed by atoms with E-state index in [2.05, 4.69) is 5.10 Å². The van der Waals surface area contributed by atoms with Crippen molar-refractivity contribution < 1.29 is 31.1 Å². The lowest BCUT2D eigenvalue weighted by molar-refractivity contribution is -0.141. The van der Waals surface area contributed by atoms with Gasteiger partial charge < -0.3 is 0 Å². The number of aromatic nitrogens is 2. The van der Waals surface area contributed by atoms with Crippen molar-refractivity contribution in [2.45, 2.75) is 12.4 Å². The first-order valence-corrected chi connectivity index (χ1v) is 3.76. The fourth-order valence-electron chi connectivity index (χ4n) is 0.964. The number of ketones is 1. The van der Waals surface area contributed by atoms with Gasteiger partial charge in [0.25, 0.3) is 5.78 Å². The lowest BCUT2D eigenvalue weighted by Crippen LogP contribution is -2.25. The van der Waals surface area contributed by atoms with Gasteiger partial charge in [-0.25, -0.2) is 0 Å². The average molecular weight is 246 g/mol. The van der Waals surface area contributed by atoms with E-state index in [-0.39, 0.29) is 10.7 Å². The summed E-state index contributed by atoms with van der Waals surface area (Å²) >= 11 is 0. The molecule has 16 heavy (non-hydrogen) atoms. The standard InChI is InChI=1S/C7H4F6N2O/c1-15-3(5(16)7(11,12)13)2-4(14-15)6(8,9)10/h2H,1H3. The molecule has 0 fully saturated rings. The Morgan fingerprint density at radius 3 is 2.06 bits per heavy atom. The Balaban J connectivity index is 3.18. The SMILES string of the molecule is Cn1nc(C(F)(F)F)cc1C(=O)C(F)(F)F. The first kappa shape index (κ1) is 12.5. The van der Waals surface area contributed by atoms with Gasteiger partial charge in [-0.2, -0.15) is 31.4 Å². The van der Waals surface area contributed by atoms with Gasteiger partial charge in [-0.1, -0.05) is 0 Å². The van der Waals surface area contributed by atoms with Crippen molar-refractivity contribution >= 4 is 5.78 Å². The monoisotopic (exact) mass is 246 g/mol. The lowest BCUT2D eigenvalue weighted by atomic mass is 10.2. The van der Waals surface area contributed by atoms with E-state index in [9.17, 15) is 31.1 Å². The smallest absolute Gasteiger partial charge is 0.282 e. The summed E-state index contributed by atoms with van der Waals surface area (Å²) in [5.74, 6) is -2.36. The van der Waals surface area contributed by atoms with E-state index in [0.29, 0.717) is 0 Å². The summed E-state index contributed by atoms with van der Waals surface area (Å²) in [4.78, 5) is 10.7. The number of nitrogens with zero attached hydrogens (tertiary/aromatic N) is 2. The highest BCUT2D eigenvalue weighted by Gasteiger charge is 2.43. The van der Waals surface area contributed by atoms with E-state index in [1.807, 2.05) is 0 Å². The summed E-state index contributed by atoms with van der Waals surface area (Å²) < 4.78 is 72.3. The van der Waals surface area contributed by atoms with Gasteiger partial charge in [0.1, 0.15) is 5.69 Å². The van der Waals surface area contributed by atoms with E-state index in [1.165, 1.54) is 0 Å². The summed E-state index contributed by atoms with van der Waals surface area (Å²) in [6.45, 7) is 0. The minimum absolute atomic E-state index is 0.0653. The van der Waals surface area contributed by atoms with Crippen LogP contribution in [0.1, 0.15) is 16.2 Å². The Morgan fingerprint density at radius 1 is 1.25 bits per heavy atom. The molecule has 0 saturated heterocycles. The van der Waals surface area contributed by atoms with Gasteiger partial charge in [0.05, 0.1) is 0 Å². The number of halogens is 6. The Hall–Kier alpha value is -1.54. The van der Waals surface area contributed by atoms with Gasteiger partial charge in [0, 0.05) is 7.05 Å². The van der Waals surface area contributed by atoms with Gasteiger partial charge in [-0.05, 0) is 6.07 Å². The number of hydrogen-bond acceptors (Lipinski definition) is 2. The Kier molecular flexibility index (Phi) is 2.74. The number of aryl methyl sites for hydroxylation is 1. The van der Waals surface area contributed by atoms with Gasteiger partial charge >= 0.3 is 12.4 Å². The summed E-state index contributed by atoms with van der Waals surface area (Å²) in [7, 11) is 0.828.